The molecule has 65 heavy (non-hydrogen) atoms. The molecule has 9 rings (SSSR count). The number of rotatable bonds is 13. The number of amides is 4. The molecule has 3 aliphatic heterocycles. The molecule has 4 aromatic rings. The molecular formula is C50H64N8O7. The van der Waals surface area contributed by atoms with E-state index in [2.05, 4.69) is 70.8 Å². The van der Waals surface area contributed by atoms with Gasteiger partial charge in [0.1, 0.15) is 35.2 Å². The maximum Gasteiger partial charge on any atom is 0.407 e. The van der Waals surface area contributed by atoms with Crippen molar-refractivity contribution in [1.29, 1.82) is 0 Å². The predicted octanol–water partition coefficient (Wildman–Crippen LogP) is 8.16. The first-order valence-electron chi connectivity index (χ1n) is 23.6. The third-order valence-electron chi connectivity index (χ3n) is 13.8. The summed E-state index contributed by atoms with van der Waals surface area (Å²) in [6, 6.07) is 10.9. The molecule has 4 fully saturated rings. The van der Waals surface area contributed by atoms with Crippen molar-refractivity contribution in [3.05, 3.63) is 59.4 Å². The number of fused-ring (bicyclic) bond motifs is 3. The van der Waals surface area contributed by atoms with Crippen LogP contribution in [0.15, 0.2) is 36.4 Å². The fourth-order valence-corrected chi connectivity index (χ4v) is 9.82. The van der Waals surface area contributed by atoms with Crippen LogP contribution in [0.1, 0.15) is 140 Å². The Labute approximate surface area is 381 Å². The van der Waals surface area contributed by atoms with Crippen LogP contribution in [-0.4, -0.2) is 99.6 Å². The second-order valence-corrected chi connectivity index (χ2v) is 20.2. The van der Waals surface area contributed by atoms with E-state index in [4.69, 9.17) is 24.2 Å². The van der Waals surface area contributed by atoms with Crippen molar-refractivity contribution in [2.45, 2.75) is 129 Å². The van der Waals surface area contributed by atoms with E-state index in [0.29, 0.717) is 44.5 Å². The summed E-state index contributed by atoms with van der Waals surface area (Å²) < 4.78 is 18.3. The third kappa shape index (κ3) is 8.94. The SMILES string of the molecule is COC(=O)N[C@H](C(=O)N1CCC[C@H]1c1nc(-c2ccc3c(c2)OCC(C)(C)COc2cc(-c4nc([C@@H]5CCCN5C(=O)[C@@H](NC=O)C(C)C)[nH]c4C4CC4)ccc2-3)c(C2CC2)[nH]1)C(C)C. The average Bonchev–Trinajstić information content (AvgIpc) is 4.06. The number of alkyl carbamates (subject to hydrolysis) is 1. The third-order valence-corrected chi connectivity index (χ3v) is 13.8. The summed E-state index contributed by atoms with van der Waals surface area (Å²) in [7, 11) is 1.30. The largest absolute Gasteiger partial charge is 0.492 e. The smallest absolute Gasteiger partial charge is 0.407 e. The summed E-state index contributed by atoms with van der Waals surface area (Å²) in [6.07, 6.45) is 7.55. The van der Waals surface area contributed by atoms with E-state index in [1.54, 1.807) is 0 Å². The highest BCUT2D eigenvalue weighted by molar-refractivity contribution is 5.87. The molecule has 4 N–H and O–H groups in total. The van der Waals surface area contributed by atoms with E-state index in [1.807, 2.05) is 37.5 Å². The Morgan fingerprint density at radius 2 is 1.20 bits per heavy atom. The highest BCUT2D eigenvalue weighted by Crippen LogP contribution is 2.49. The molecule has 2 aromatic carbocycles. The highest BCUT2D eigenvalue weighted by Gasteiger charge is 2.41. The monoisotopic (exact) mass is 888 g/mol. The van der Waals surface area contributed by atoms with Crippen molar-refractivity contribution >= 4 is 24.3 Å². The molecule has 2 saturated heterocycles. The van der Waals surface area contributed by atoms with Crippen LogP contribution in [0.5, 0.6) is 11.5 Å². The zero-order valence-corrected chi connectivity index (χ0v) is 38.8. The second kappa shape index (κ2) is 17.8. The summed E-state index contributed by atoms with van der Waals surface area (Å²) in [5.74, 6) is 3.38. The van der Waals surface area contributed by atoms with Gasteiger partial charge in [-0.25, -0.2) is 14.8 Å². The van der Waals surface area contributed by atoms with Crippen LogP contribution < -0.4 is 20.1 Å². The quantitative estimate of drug-likeness (QED) is 0.0963. The second-order valence-electron chi connectivity index (χ2n) is 20.2. The van der Waals surface area contributed by atoms with Crippen LogP contribution in [0.4, 0.5) is 4.79 Å². The van der Waals surface area contributed by atoms with Crippen molar-refractivity contribution in [3.8, 4) is 45.1 Å². The van der Waals surface area contributed by atoms with E-state index >= 15 is 0 Å². The Bertz CT molecular complexity index is 2450. The fraction of sp³-hybridized carbons (Fsp3) is 0.560. The van der Waals surface area contributed by atoms with Crippen molar-refractivity contribution in [3.63, 3.8) is 0 Å². The van der Waals surface area contributed by atoms with Gasteiger partial charge < -0.3 is 44.6 Å². The lowest BCUT2D eigenvalue weighted by Gasteiger charge is -2.30. The number of ether oxygens (including phenoxy) is 3. The Morgan fingerprint density at radius 3 is 1.62 bits per heavy atom. The van der Waals surface area contributed by atoms with Gasteiger partial charge in [-0.3, -0.25) is 14.4 Å². The van der Waals surface area contributed by atoms with E-state index in [1.165, 1.54) is 7.11 Å². The number of hydrogen-bond acceptors (Lipinski definition) is 9. The number of imidazole rings is 2. The van der Waals surface area contributed by atoms with Crippen LogP contribution in [0, 0.1) is 17.3 Å². The molecule has 5 heterocycles. The van der Waals surface area contributed by atoms with Crippen LogP contribution in [-0.2, 0) is 19.1 Å². The van der Waals surface area contributed by atoms with Crippen molar-refractivity contribution in [2.24, 2.45) is 17.3 Å². The Hall–Kier alpha value is -5.86. The van der Waals surface area contributed by atoms with Gasteiger partial charge in [0.25, 0.3) is 0 Å². The number of carbonyl (C=O) groups is 4. The molecule has 2 saturated carbocycles. The molecule has 0 bridgehead atoms. The fourth-order valence-electron chi connectivity index (χ4n) is 9.82. The van der Waals surface area contributed by atoms with E-state index < -0.39 is 18.2 Å². The van der Waals surface area contributed by atoms with Crippen LogP contribution >= 0.6 is 0 Å². The Kier molecular flexibility index (Phi) is 12.2. The van der Waals surface area contributed by atoms with Gasteiger partial charge in [0, 0.05) is 64.0 Å². The topological polar surface area (TPSA) is 184 Å². The number of nitrogens with one attached hydrogen (secondary N) is 4. The van der Waals surface area contributed by atoms with Gasteiger partial charge in [-0.15, -0.1) is 0 Å². The van der Waals surface area contributed by atoms with E-state index in [9.17, 15) is 19.2 Å². The molecule has 0 spiro atoms. The van der Waals surface area contributed by atoms with Crippen molar-refractivity contribution < 1.29 is 33.4 Å². The molecule has 0 unspecified atom stereocenters. The molecule has 2 aliphatic carbocycles. The van der Waals surface area contributed by atoms with Gasteiger partial charge in [0.05, 0.1) is 43.8 Å². The molecule has 2 aromatic heterocycles. The lowest BCUT2D eigenvalue weighted by atomic mass is 9.96. The van der Waals surface area contributed by atoms with Gasteiger partial charge in [0.15, 0.2) is 0 Å². The molecular weight excluding hydrogens is 825 g/mol. The van der Waals surface area contributed by atoms with Gasteiger partial charge in [-0.2, -0.15) is 0 Å². The normalized spacial score (nSPS) is 21.3. The number of nitrogens with zero attached hydrogens (tertiary/aromatic N) is 4. The first kappa shape index (κ1) is 44.3. The van der Waals surface area contributed by atoms with Gasteiger partial charge in [-0.05, 0) is 87.5 Å². The van der Waals surface area contributed by atoms with E-state index in [-0.39, 0.29) is 41.1 Å². The highest BCUT2D eigenvalue weighted by atomic mass is 16.5. The molecule has 5 aliphatic rings. The zero-order chi connectivity index (χ0) is 45.7. The van der Waals surface area contributed by atoms with Gasteiger partial charge in [0.2, 0.25) is 18.2 Å². The summed E-state index contributed by atoms with van der Waals surface area (Å²) in [6.45, 7) is 14.1. The van der Waals surface area contributed by atoms with Crippen LogP contribution in [0.3, 0.4) is 0 Å². The number of carbonyl (C=O) groups excluding carboxylic acids is 4. The minimum Gasteiger partial charge on any atom is -0.492 e. The first-order chi connectivity index (χ1) is 31.2. The number of aromatic amines is 2. The molecule has 15 nitrogen and oxygen atoms in total. The van der Waals surface area contributed by atoms with Gasteiger partial charge in [-0.1, -0.05) is 53.7 Å². The number of benzene rings is 2. The first-order valence-corrected chi connectivity index (χ1v) is 23.6. The molecule has 4 amide bonds. The number of methoxy groups -OCH3 is 1. The minimum atomic E-state index is -0.712. The zero-order valence-electron chi connectivity index (χ0n) is 38.8. The lowest BCUT2D eigenvalue weighted by molar-refractivity contribution is -0.137. The predicted molar refractivity (Wildman–Crippen MR) is 245 cm³/mol. The summed E-state index contributed by atoms with van der Waals surface area (Å²) in [5.41, 5.74) is 7.32. The minimum absolute atomic E-state index is 0.0453. The number of hydrogen-bond donors (Lipinski definition) is 4. The number of likely N-dealkylation sites (tertiary alicyclic amines) is 2. The Morgan fingerprint density at radius 1 is 0.738 bits per heavy atom. The Balaban J connectivity index is 1.04. The van der Waals surface area contributed by atoms with Crippen LogP contribution in [0.2, 0.25) is 0 Å². The van der Waals surface area contributed by atoms with Crippen molar-refractivity contribution in [1.82, 2.24) is 40.4 Å². The van der Waals surface area contributed by atoms with Crippen molar-refractivity contribution in [2.75, 3.05) is 33.4 Å². The number of H-pyrrole nitrogens is 2. The van der Waals surface area contributed by atoms with Gasteiger partial charge >= 0.3 is 6.09 Å². The van der Waals surface area contributed by atoms with Crippen LogP contribution in [0.25, 0.3) is 33.6 Å². The summed E-state index contributed by atoms with van der Waals surface area (Å²) in [5, 5.41) is 5.51. The number of aromatic nitrogens is 4. The molecule has 4 atom stereocenters. The lowest BCUT2D eigenvalue weighted by Crippen LogP contribution is -2.51. The summed E-state index contributed by atoms with van der Waals surface area (Å²) in [4.78, 5) is 73.1. The molecule has 15 heteroatoms. The van der Waals surface area contributed by atoms with E-state index in [0.717, 1.165) is 120 Å². The standard InChI is InChI=1S/C50H64N8O7/c1-27(2)39(51-26-59)47(60)57-20-8-10-35(57)45-52-41(29-12-13-29)43(54-45)31-16-18-33-34-19-17-32(23-38(34)65-25-50(5,6)24-64-37(33)22-31)44-42(30-14-15-30)53-46(55-44)36-11-9-21-58(36)48(61)40(28(3)4)56-49(62)63-7/h16-19,22-23,26-30,35-36,39-40H,8-15,20-21,24-25H2,1-7H3,(H,51,59)(H,52,54)(H,53,55)(H,56,62)/t35-,36-,39-,40-/m0/s1. The average molecular weight is 889 g/mol. The molecule has 0 radical (unpaired) electrons. The molecule has 346 valence electrons. The maximum atomic E-state index is 14.0. The summed E-state index contributed by atoms with van der Waals surface area (Å²) >= 11 is 0. The maximum absolute atomic E-state index is 14.0.